The molecule has 4 rings (SSSR count). The van der Waals surface area contributed by atoms with Gasteiger partial charge in [0, 0.05) is 51.4 Å². The third-order valence-corrected chi connectivity index (χ3v) is 7.83. The molecule has 0 bridgehead atoms. The van der Waals surface area contributed by atoms with E-state index >= 15 is 0 Å². The van der Waals surface area contributed by atoms with E-state index in [4.69, 9.17) is 0 Å². The molecule has 0 spiro atoms. The molecule has 1 aromatic carbocycles. The number of aromatic nitrogens is 1. The van der Waals surface area contributed by atoms with Crippen molar-refractivity contribution in [2.75, 3.05) is 26.2 Å². The van der Waals surface area contributed by atoms with E-state index in [2.05, 4.69) is 20.9 Å². The Hall–Kier alpha value is -3.83. The van der Waals surface area contributed by atoms with Gasteiger partial charge in [-0.05, 0) is 29.2 Å². The molecule has 0 unspecified atom stereocenters. The van der Waals surface area contributed by atoms with Crippen molar-refractivity contribution in [3.8, 4) is 0 Å². The summed E-state index contributed by atoms with van der Waals surface area (Å²) in [5.74, 6) is -1.81. The molecule has 11 heteroatoms. The molecule has 2 aliphatic rings. The highest BCUT2D eigenvalue weighted by molar-refractivity contribution is 5.95. The minimum atomic E-state index is -0.958. The molecule has 2 aromatic rings. The Morgan fingerprint density at radius 2 is 1.73 bits per heavy atom. The van der Waals surface area contributed by atoms with E-state index in [9.17, 15) is 24.3 Å². The Morgan fingerprint density at radius 1 is 1.00 bits per heavy atom. The Morgan fingerprint density at radius 3 is 2.44 bits per heavy atom. The molecular formula is C30H40N6O5. The number of aliphatic hydroxyl groups is 1. The van der Waals surface area contributed by atoms with E-state index in [0.29, 0.717) is 19.5 Å². The van der Waals surface area contributed by atoms with Crippen LogP contribution in [0.2, 0.25) is 0 Å². The number of carbonyl (C=O) groups excluding carboxylic acids is 4. The predicted molar refractivity (Wildman–Crippen MR) is 152 cm³/mol. The number of hydrogen-bond acceptors (Lipinski definition) is 7. The topological polar surface area (TPSA) is 144 Å². The molecule has 2 aliphatic heterocycles. The monoisotopic (exact) mass is 564 g/mol. The average molecular weight is 565 g/mol. The first-order valence-corrected chi connectivity index (χ1v) is 14.3. The van der Waals surface area contributed by atoms with E-state index < -0.39 is 36.0 Å². The third-order valence-electron chi connectivity index (χ3n) is 7.83. The van der Waals surface area contributed by atoms with Gasteiger partial charge in [-0.15, -0.1) is 0 Å². The van der Waals surface area contributed by atoms with Crippen molar-refractivity contribution in [2.45, 2.75) is 63.9 Å². The van der Waals surface area contributed by atoms with Gasteiger partial charge >= 0.3 is 0 Å². The summed E-state index contributed by atoms with van der Waals surface area (Å²) in [6.07, 6.45) is 3.41. The van der Waals surface area contributed by atoms with Crippen LogP contribution in [0.15, 0.2) is 54.9 Å². The minimum Gasteiger partial charge on any atom is -0.391 e. The smallest absolute Gasteiger partial charge is 0.246 e. The SMILES string of the molecule is CC[C@H](C)[C@@H]1NC(=O)CN(Cc2ccncc2)CCNC(=O)[C@H](Cc2ccccc2)NC(=O)[C@@H]2C[C@@H](O)CN2C1=O. The molecule has 0 aliphatic carbocycles. The highest BCUT2D eigenvalue weighted by Crippen LogP contribution is 2.22. The zero-order valence-electron chi connectivity index (χ0n) is 23.7. The van der Waals surface area contributed by atoms with Crippen LogP contribution in [0.5, 0.6) is 0 Å². The maximum Gasteiger partial charge on any atom is 0.246 e. The number of hydrogen-bond donors (Lipinski definition) is 4. The molecular weight excluding hydrogens is 524 g/mol. The van der Waals surface area contributed by atoms with Crippen LogP contribution < -0.4 is 16.0 Å². The van der Waals surface area contributed by atoms with Crippen LogP contribution in [0.4, 0.5) is 0 Å². The summed E-state index contributed by atoms with van der Waals surface area (Å²) in [6, 6.07) is 10.4. The average Bonchev–Trinajstić information content (AvgIpc) is 3.37. The number of aliphatic hydroxyl groups excluding tert-OH is 1. The summed E-state index contributed by atoms with van der Waals surface area (Å²) in [5.41, 5.74) is 1.82. The molecule has 41 heavy (non-hydrogen) atoms. The lowest BCUT2D eigenvalue weighted by molar-refractivity contribution is -0.143. The Kier molecular flexibility index (Phi) is 10.4. The lowest BCUT2D eigenvalue weighted by Crippen LogP contribution is -2.58. The zero-order chi connectivity index (χ0) is 29.4. The van der Waals surface area contributed by atoms with E-state index in [1.807, 2.05) is 61.2 Å². The predicted octanol–water partition coefficient (Wildman–Crippen LogP) is 0.234. The number of pyridine rings is 1. The fraction of sp³-hybridized carbons (Fsp3) is 0.500. The lowest BCUT2D eigenvalue weighted by Gasteiger charge is -2.32. The second kappa shape index (κ2) is 14.2. The Labute approximate surface area is 240 Å². The quantitative estimate of drug-likeness (QED) is 0.393. The van der Waals surface area contributed by atoms with Crippen LogP contribution in [0.1, 0.15) is 37.8 Å². The van der Waals surface area contributed by atoms with Gasteiger partial charge in [0.15, 0.2) is 0 Å². The van der Waals surface area contributed by atoms with Crippen molar-refractivity contribution in [3.63, 3.8) is 0 Å². The van der Waals surface area contributed by atoms with Crippen LogP contribution in [-0.4, -0.2) is 93.9 Å². The van der Waals surface area contributed by atoms with Gasteiger partial charge in [-0.25, -0.2) is 0 Å². The van der Waals surface area contributed by atoms with Crippen molar-refractivity contribution in [1.29, 1.82) is 0 Å². The van der Waals surface area contributed by atoms with E-state index in [0.717, 1.165) is 11.1 Å². The highest BCUT2D eigenvalue weighted by Gasteiger charge is 2.43. The van der Waals surface area contributed by atoms with Gasteiger partial charge in [0.05, 0.1) is 12.6 Å². The Bertz CT molecular complexity index is 1200. The van der Waals surface area contributed by atoms with Crippen LogP contribution in [0.25, 0.3) is 0 Å². The summed E-state index contributed by atoms with van der Waals surface area (Å²) in [4.78, 5) is 61.3. The van der Waals surface area contributed by atoms with Crippen LogP contribution in [-0.2, 0) is 32.1 Å². The van der Waals surface area contributed by atoms with Gasteiger partial charge in [0.2, 0.25) is 23.6 Å². The zero-order valence-corrected chi connectivity index (χ0v) is 23.7. The highest BCUT2D eigenvalue weighted by atomic mass is 16.3. The van der Waals surface area contributed by atoms with Crippen LogP contribution in [0.3, 0.4) is 0 Å². The summed E-state index contributed by atoms with van der Waals surface area (Å²) >= 11 is 0. The molecule has 2 fully saturated rings. The van der Waals surface area contributed by atoms with E-state index in [-0.39, 0.29) is 50.2 Å². The van der Waals surface area contributed by atoms with Crippen LogP contribution >= 0.6 is 0 Å². The van der Waals surface area contributed by atoms with Gasteiger partial charge in [-0.2, -0.15) is 0 Å². The molecule has 220 valence electrons. The normalized spacial score (nSPS) is 25.8. The first-order valence-electron chi connectivity index (χ1n) is 14.3. The van der Waals surface area contributed by atoms with E-state index in [1.54, 1.807) is 12.4 Å². The van der Waals surface area contributed by atoms with Gasteiger partial charge in [0.25, 0.3) is 0 Å². The van der Waals surface area contributed by atoms with Gasteiger partial charge in [-0.3, -0.25) is 29.1 Å². The summed E-state index contributed by atoms with van der Waals surface area (Å²) in [6.45, 7) is 4.86. The largest absolute Gasteiger partial charge is 0.391 e. The second-order valence-electron chi connectivity index (χ2n) is 10.9. The lowest BCUT2D eigenvalue weighted by atomic mass is 9.97. The number of nitrogens with one attached hydrogen (secondary N) is 3. The summed E-state index contributed by atoms with van der Waals surface area (Å²) in [7, 11) is 0. The maximum atomic E-state index is 13.8. The minimum absolute atomic E-state index is 0.00901. The van der Waals surface area contributed by atoms with Crippen molar-refractivity contribution in [2.24, 2.45) is 5.92 Å². The first-order chi connectivity index (χ1) is 19.7. The number of fused-ring (bicyclic) bond motifs is 1. The molecule has 2 saturated heterocycles. The number of rotatable bonds is 6. The van der Waals surface area contributed by atoms with Crippen molar-refractivity contribution in [1.82, 2.24) is 30.7 Å². The Balaban J connectivity index is 1.64. The molecule has 1 aromatic heterocycles. The van der Waals surface area contributed by atoms with Crippen molar-refractivity contribution in [3.05, 3.63) is 66.0 Å². The van der Waals surface area contributed by atoms with Crippen LogP contribution in [0, 0.1) is 5.92 Å². The fourth-order valence-corrected chi connectivity index (χ4v) is 5.34. The van der Waals surface area contributed by atoms with Gasteiger partial charge in [0.1, 0.15) is 18.1 Å². The van der Waals surface area contributed by atoms with Gasteiger partial charge in [-0.1, -0.05) is 50.6 Å². The third kappa shape index (κ3) is 8.11. The van der Waals surface area contributed by atoms with Crippen molar-refractivity contribution < 1.29 is 24.3 Å². The maximum absolute atomic E-state index is 13.8. The molecule has 11 nitrogen and oxygen atoms in total. The molecule has 5 atom stereocenters. The van der Waals surface area contributed by atoms with Crippen molar-refractivity contribution >= 4 is 23.6 Å². The van der Waals surface area contributed by atoms with Gasteiger partial charge < -0.3 is 26.0 Å². The number of nitrogens with zero attached hydrogens (tertiary/aromatic N) is 3. The fourth-order valence-electron chi connectivity index (χ4n) is 5.34. The van der Waals surface area contributed by atoms with E-state index in [1.165, 1.54) is 4.90 Å². The summed E-state index contributed by atoms with van der Waals surface area (Å²) in [5, 5.41) is 19.1. The molecule has 0 radical (unpaired) electrons. The molecule has 4 amide bonds. The number of benzene rings is 1. The molecule has 0 saturated carbocycles. The molecule has 4 N–H and O–H groups in total. The molecule has 3 heterocycles. The first kappa shape index (κ1) is 30.1. The standard InChI is InChI=1S/C30H40N6O5/c1-3-20(2)27-30(41)36-18-23(37)16-25(36)29(40)33-24(15-21-7-5-4-6-8-21)28(39)32-13-14-35(19-26(38)34-27)17-22-9-11-31-12-10-22/h4-12,20,23-25,27,37H,3,13-19H2,1-2H3,(H,32,39)(H,33,40)(H,34,38)/t20-,23+,24-,25-,27-/m0/s1. The summed E-state index contributed by atoms with van der Waals surface area (Å²) < 4.78 is 0. The number of amides is 4. The second-order valence-corrected chi connectivity index (χ2v) is 10.9. The number of carbonyl (C=O) groups is 4.